The van der Waals surface area contributed by atoms with Crippen LogP contribution < -0.4 is 5.73 Å². The zero-order valence-electron chi connectivity index (χ0n) is 11.9. The van der Waals surface area contributed by atoms with Gasteiger partial charge in [-0.05, 0) is 43.2 Å². The van der Waals surface area contributed by atoms with E-state index in [-0.39, 0.29) is 12.1 Å². The van der Waals surface area contributed by atoms with Crippen molar-refractivity contribution in [2.75, 3.05) is 0 Å². The number of benzene rings is 2. The molecule has 3 rings (SSSR count). The maximum absolute atomic E-state index is 6.22. The third kappa shape index (κ3) is 2.94. The van der Waals surface area contributed by atoms with Gasteiger partial charge in [0.2, 0.25) is 0 Å². The van der Waals surface area contributed by atoms with Crippen LogP contribution in [0.25, 0.3) is 11.0 Å². The van der Waals surface area contributed by atoms with Crippen LogP contribution in [0, 0.1) is 0 Å². The number of imidazole rings is 1. The van der Waals surface area contributed by atoms with Gasteiger partial charge in [-0.3, -0.25) is 0 Å². The fourth-order valence-corrected chi connectivity index (χ4v) is 2.77. The van der Waals surface area contributed by atoms with E-state index in [1.54, 1.807) is 0 Å². The molecule has 0 amide bonds. The number of rotatable bonds is 4. The predicted octanol–water partition coefficient (Wildman–Crippen LogP) is 3.82. The average Bonchev–Trinajstić information content (AvgIpc) is 2.90. The van der Waals surface area contributed by atoms with Crippen LogP contribution in [0.5, 0.6) is 0 Å². The Kier molecular flexibility index (Phi) is 3.95. The van der Waals surface area contributed by atoms with Crippen molar-refractivity contribution in [3.05, 3.63) is 65.4 Å². The number of hydrogen-bond acceptors (Lipinski definition) is 2. The maximum Gasteiger partial charge on any atom is 0.0961 e. The summed E-state index contributed by atoms with van der Waals surface area (Å²) >= 11 is 5.95. The molecule has 4 heteroatoms. The molecule has 0 saturated heterocycles. The van der Waals surface area contributed by atoms with Crippen molar-refractivity contribution in [3.63, 3.8) is 0 Å². The van der Waals surface area contributed by atoms with E-state index in [2.05, 4.69) is 27.8 Å². The molecule has 3 nitrogen and oxygen atoms in total. The molecule has 1 heterocycles. The molecule has 0 aliphatic heterocycles. The standard InChI is InChI=1S/C17H18ClN3/c1-12(19)17(10-13-6-8-14(18)9-7-13)21-11-20-15-4-2-3-5-16(15)21/h2-9,11-12,17H,10,19H2,1H3. The summed E-state index contributed by atoms with van der Waals surface area (Å²) in [6, 6.07) is 16.3. The van der Waals surface area contributed by atoms with Crippen molar-refractivity contribution in [1.82, 2.24) is 9.55 Å². The topological polar surface area (TPSA) is 43.8 Å². The van der Waals surface area contributed by atoms with Crippen LogP contribution in [0.3, 0.4) is 0 Å². The van der Waals surface area contributed by atoms with Gasteiger partial charge < -0.3 is 10.3 Å². The van der Waals surface area contributed by atoms with E-state index in [4.69, 9.17) is 17.3 Å². The van der Waals surface area contributed by atoms with Gasteiger partial charge in [-0.1, -0.05) is 35.9 Å². The van der Waals surface area contributed by atoms with Crippen molar-refractivity contribution >= 4 is 22.6 Å². The van der Waals surface area contributed by atoms with Gasteiger partial charge in [0.25, 0.3) is 0 Å². The van der Waals surface area contributed by atoms with Crippen LogP contribution in [-0.2, 0) is 6.42 Å². The Hall–Kier alpha value is -1.84. The van der Waals surface area contributed by atoms with E-state index in [9.17, 15) is 0 Å². The van der Waals surface area contributed by atoms with Crippen molar-refractivity contribution in [1.29, 1.82) is 0 Å². The van der Waals surface area contributed by atoms with Crippen molar-refractivity contribution in [2.45, 2.75) is 25.4 Å². The zero-order chi connectivity index (χ0) is 14.8. The van der Waals surface area contributed by atoms with Crippen LogP contribution in [0.1, 0.15) is 18.5 Å². The third-order valence-corrected chi connectivity index (χ3v) is 4.06. The molecular weight excluding hydrogens is 282 g/mol. The molecule has 1 aromatic heterocycles. The number of nitrogens with zero attached hydrogens (tertiary/aromatic N) is 2. The van der Waals surface area contributed by atoms with E-state index in [0.717, 1.165) is 22.5 Å². The smallest absolute Gasteiger partial charge is 0.0961 e. The first-order valence-corrected chi connectivity index (χ1v) is 7.44. The maximum atomic E-state index is 6.22. The van der Waals surface area contributed by atoms with E-state index in [0.29, 0.717) is 0 Å². The van der Waals surface area contributed by atoms with Gasteiger partial charge in [0.05, 0.1) is 23.4 Å². The second-order valence-electron chi connectivity index (χ2n) is 5.40. The minimum Gasteiger partial charge on any atom is -0.326 e. The number of hydrogen-bond donors (Lipinski definition) is 1. The molecule has 2 N–H and O–H groups in total. The van der Waals surface area contributed by atoms with Crippen molar-refractivity contribution in [2.24, 2.45) is 5.73 Å². The molecule has 0 aliphatic carbocycles. The van der Waals surface area contributed by atoms with Gasteiger partial charge in [-0.2, -0.15) is 0 Å². The first-order valence-electron chi connectivity index (χ1n) is 7.07. The summed E-state index contributed by atoms with van der Waals surface area (Å²) in [5, 5.41) is 0.754. The predicted molar refractivity (Wildman–Crippen MR) is 87.6 cm³/mol. The van der Waals surface area contributed by atoms with Crippen molar-refractivity contribution < 1.29 is 0 Å². The second kappa shape index (κ2) is 5.88. The highest BCUT2D eigenvalue weighted by Gasteiger charge is 2.18. The normalized spacial score (nSPS) is 14.2. The summed E-state index contributed by atoms with van der Waals surface area (Å²) in [4.78, 5) is 4.46. The van der Waals surface area contributed by atoms with Crippen LogP contribution in [0.2, 0.25) is 5.02 Å². The Balaban J connectivity index is 1.96. The zero-order valence-corrected chi connectivity index (χ0v) is 12.7. The Labute approximate surface area is 129 Å². The summed E-state index contributed by atoms with van der Waals surface area (Å²) < 4.78 is 2.18. The monoisotopic (exact) mass is 299 g/mol. The number of aromatic nitrogens is 2. The van der Waals surface area contributed by atoms with Crippen molar-refractivity contribution in [3.8, 4) is 0 Å². The molecule has 108 valence electrons. The first kappa shape index (κ1) is 14.1. The Morgan fingerprint density at radius 2 is 1.86 bits per heavy atom. The summed E-state index contributed by atoms with van der Waals surface area (Å²) in [6.45, 7) is 2.04. The molecule has 0 aliphatic rings. The fourth-order valence-electron chi connectivity index (χ4n) is 2.64. The minimum atomic E-state index is 0.0262. The van der Waals surface area contributed by atoms with Crippen LogP contribution in [-0.4, -0.2) is 15.6 Å². The lowest BCUT2D eigenvalue weighted by Crippen LogP contribution is -2.30. The number of para-hydroxylation sites is 2. The largest absolute Gasteiger partial charge is 0.326 e. The van der Waals surface area contributed by atoms with Crippen LogP contribution >= 0.6 is 11.6 Å². The Bertz CT molecular complexity index is 731. The molecular formula is C17H18ClN3. The van der Waals surface area contributed by atoms with E-state index in [1.807, 2.05) is 43.6 Å². The molecule has 3 aromatic rings. The number of nitrogens with two attached hydrogens (primary N) is 1. The van der Waals surface area contributed by atoms with E-state index in [1.165, 1.54) is 5.56 Å². The van der Waals surface area contributed by atoms with E-state index >= 15 is 0 Å². The second-order valence-corrected chi connectivity index (χ2v) is 5.83. The molecule has 0 saturated carbocycles. The molecule has 2 aromatic carbocycles. The number of halogens is 1. The Morgan fingerprint density at radius 1 is 1.14 bits per heavy atom. The van der Waals surface area contributed by atoms with Gasteiger partial charge in [0.1, 0.15) is 0 Å². The van der Waals surface area contributed by atoms with Gasteiger partial charge in [-0.25, -0.2) is 4.98 Å². The van der Waals surface area contributed by atoms with E-state index < -0.39 is 0 Å². The summed E-state index contributed by atoms with van der Waals surface area (Å²) in [6.07, 6.45) is 2.74. The van der Waals surface area contributed by atoms with Gasteiger partial charge >= 0.3 is 0 Å². The highest BCUT2D eigenvalue weighted by atomic mass is 35.5. The lowest BCUT2D eigenvalue weighted by atomic mass is 10.0. The Morgan fingerprint density at radius 3 is 2.57 bits per heavy atom. The third-order valence-electron chi connectivity index (χ3n) is 3.80. The SMILES string of the molecule is CC(N)C(Cc1ccc(Cl)cc1)n1cnc2ccccc21. The van der Waals surface area contributed by atoms with Crippen LogP contribution in [0.15, 0.2) is 54.9 Å². The molecule has 0 spiro atoms. The number of fused-ring (bicyclic) bond motifs is 1. The van der Waals surface area contributed by atoms with Crippen LogP contribution in [0.4, 0.5) is 0 Å². The highest BCUT2D eigenvalue weighted by Crippen LogP contribution is 2.23. The van der Waals surface area contributed by atoms with Gasteiger partial charge in [0.15, 0.2) is 0 Å². The van der Waals surface area contributed by atoms with Gasteiger partial charge in [-0.15, -0.1) is 0 Å². The lowest BCUT2D eigenvalue weighted by molar-refractivity contribution is 0.436. The first-order chi connectivity index (χ1) is 10.1. The quantitative estimate of drug-likeness (QED) is 0.796. The minimum absolute atomic E-state index is 0.0262. The summed E-state index contributed by atoms with van der Waals surface area (Å²) in [5.41, 5.74) is 9.56. The lowest BCUT2D eigenvalue weighted by Gasteiger charge is -2.23. The molecule has 2 unspecified atom stereocenters. The van der Waals surface area contributed by atoms with Gasteiger partial charge in [0, 0.05) is 11.1 Å². The summed E-state index contributed by atoms with van der Waals surface area (Å²) in [5.74, 6) is 0. The average molecular weight is 300 g/mol. The molecule has 21 heavy (non-hydrogen) atoms. The molecule has 2 atom stereocenters. The molecule has 0 radical (unpaired) electrons. The molecule has 0 fully saturated rings. The fraction of sp³-hybridized carbons (Fsp3) is 0.235. The molecule has 0 bridgehead atoms. The highest BCUT2D eigenvalue weighted by molar-refractivity contribution is 6.30. The summed E-state index contributed by atoms with van der Waals surface area (Å²) in [7, 11) is 0.